The molecule has 1 aliphatic carbocycles. The molecule has 13 heavy (non-hydrogen) atoms. The quantitative estimate of drug-likeness (QED) is 0.679. The zero-order chi connectivity index (χ0) is 9.26. The van der Waals surface area contributed by atoms with Crippen LogP contribution in [0.3, 0.4) is 0 Å². The van der Waals surface area contributed by atoms with Crippen molar-refractivity contribution in [2.45, 2.75) is 25.4 Å². The molecule has 1 heteroatoms. The smallest absolute Gasteiger partial charge is 0.0621 e. The maximum atomic E-state index is 9.52. The molecule has 0 heterocycles. The Hall–Kier alpha value is -1.08. The van der Waals surface area contributed by atoms with Crippen LogP contribution in [0.1, 0.15) is 16.7 Å². The van der Waals surface area contributed by atoms with Gasteiger partial charge in [0.2, 0.25) is 0 Å². The predicted octanol–water partition coefficient (Wildman–Crippen LogP) is 1.87. The first-order valence-corrected chi connectivity index (χ1v) is 4.70. The van der Waals surface area contributed by atoms with E-state index in [1.807, 2.05) is 6.08 Å². The Morgan fingerprint density at radius 1 is 1.46 bits per heavy atom. The fraction of sp³-hybridized carbons (Fsp3) is 0.333. The van der Waals surface area contributed by atoms with Crippen LogP contribution in [-0.2, 0) is 19.3 Å². The molecule has 1 atom stereocenters. The lowest BCUT2D eigenvalue weighted by Gasteiger charge is -2.04. The molecule has 0 amide bonds. The summed E-state index contributed by atoms with van der Waals surface area (Å²) >= 11 is 0. The van der Waals surface area contributed by atoms with Crippen molar-refractivity contribution in [3.05, 3.63) is 47.5 Å². The Morgan fingerprint density at radius 2 is 2.31 bits per heavy atom. The van der Waals surface area contributed by atoms with Gasteiger partial charge in [-0.1, -0.05) is 24.3 Å². The Balaban J connectivity index is 2.39. The predicted molar refractivity (Wildman–Crippen MR) is 53.8 cm³/mol. The number of fused-ring (bicyclic) bond motifs is 1. The Bertz CT molecular complexity index is 328. The molecule has 1 aliphatic rings. The number of allylic oxidation sites excluding steroid dienone is 1. The lowest BCUT2D eigenvalue weighted by molar-refractivity contribution is 0.187. The summed E-state index contributed by atoms with van der Waals surface area (Å²) in [5, 5.41) is 9.52. The fourth-order valence-electron chi connectivity index (χ4n) is 2.05. The molecule has 0 radical (unpaired) electrons. The molecular weight excluding hydrogens is 160 g/mol. The number of aliphatic hydroxyl groups is 1. The van der Waals surface area contributed by atoms with E-state index >= 15 is 0 Å². The monoisotopic (exact) mass is 174 g/mol. The summed E-state index contributed by atoms with van der Waals surface area (Å²) in [6.45, 7) is 3.74. The average molecular weight is 174 g/mol. The summed E-state index contributed by atoms with van der Waals surface area (Å²) in [7, 11) is 0. The van der Waals surface area contributed by atoms with Crippen LogP contribution in [0, 0.1) is 0 Å². The molecule has 0 spiro atoms. The summed E-state index contributed by atoms with van der Waals surface area (Å²) < 4.78 is 0. The molecule has 0 fully saturated rings. The van der Waals surface area contributed by atoms with Crippen molar-refractivity contribution in [2.24, 2.45) is 0 Å². The van der Waals surface area contributed by atoms with Gasteiger partial charge in [0.15, 0.2) is 0 Å². The van der Waals surface area contributed by atoms with Gasteiger partial charge in [0, 0.05) is 0 Å². The Labute approximate surface area is 78.7 Å². The van der Waals surface area contributed by atoms with Crippen molar-refractivity contribution in [2.75, 3.05) is 0 Å². The van der Waals surface area contributed by atoms with Gasteiger partial charge in [-0.2, -0.15) is 0 Å². The minimum absolute atomic E-state index is 0.166. The first-order valence-electron chi connectivity index (χ1n) is 4.70. The van der Waals surface area contributed by atoms with E-state index in [9.17, 15) is 5.11 Å². The third-order valence-electron chi connectivity index (χ3n) is 2.63. The first-order chi connectivity index (χ1) is 6.31. The standard InChI is InChI=1S/C12H14O/c1-2-4-9-5-3-6-10-7-11(13)8-12(9)10/h2-3,5-6,11,13H,1,4,7-8H2. The van der Waals surface area contributed by atoms with Crippen molar-refractivity contribution < 1.29 is 5.11 Å². The third kappa shape index (κ3) is 1.52. The number of hydrogen-bond acceptors (Lipinski definition) is 1. The van der Waals surface area contributed by atoms with E-state index in [0.29, 0.717) is 0 Å². The molecule has 1 unspecified atom stereocenters. The van der Waals surface area contributed by atoms with E-state index in [1.54, 1.807) is 0 Å². The molecular formula is C12H14O. The van der Waals surface area contributed by atoms with Crippen LogP contribution in [0.25, 0.3) is 0 Å². The van der Waals surface area contributed by atoms with Gasteiger partial charge in [-0.05, 0) is 36.0 Å². The van der Waals surface area contributed by atoms with E-state index < -0.39 is 0 Å². The Morgan fingerprint density at radius 3 is 3.08 bits per heavy atom. The van der Waals surface area contributed by atoms with E-state index in [-0.39, 0.29) is 6.10 Å². The second-order valence-electron chi connectivity index (χ2n) is 3.61. The van der Waals surface area contributed by atoms with Gasteiger partial charge in [0.25, 0.3) is 0 Å². The van der Waals surface area contributed by atoms with Crippen LogP contribution in [0.4, 0.5) is 0 Å². The topological polar surface area (TPSA) is 20.2 Å². The second-order valence-corrected chi connectivity index (χ2v) is 3.61. The highest BCUT2D eigenvalue weighted by molar-refractivity contribution is 5.40. The largest absolute Gasteiger partial charge is 0.392 e. The lowest BCUT2D eigenvalue weighted by Crippen LogP contribution is -2.04. The van der Waals surface area contributed by atoms with Gasteiger partial charge in [-0.25, -0.2) is 0 Å². The third-order valence-corrected chi connectivity index (χ3v) is 2.63. The number of benzene rings is 1. The van der Waals surface area contributed by atoms with Crippen molar-refractivity contribution in [1.29, 1.82) is 0 Å². The van der Waals surface area contributed by atoms with Crippen LogP contribution in [0.5, 0.6) is 0 Å². The zero-order valence-electron chi connectivity index (χ0n) is 7.66. The number of aliphatic hydroxyl groups excluding tert-OH is 1. The van der Waals surface area contributed by atoms with Crippen molar-refractivity contribution >= 4 is 0 Å². The van der Waals surface area contributed by atoms with Gasteiger partial charge in [-0.3, -0.25) is 0 Å². The van der Waals surface area contributed by atoms with Gasteiger partial charge < -0.3 is 5.11 Å². The van der Waals surface area contributed by atoms with E-state index in [4.69, 9.17) is 0 Å². The summed E-state index contributed by atoms with van der Waals surface area (Å²) in [5.41, 5.74) is 3.98. The molecule has 0 aromatic heterocycles. The molecule has 0 saturated heterocycles. The summed E-state index contributed by atoms with van der Waals surface area (Å²) in [6, 6.07) is 6.30. The van der Waals surface area contributed by atoms with Crippen LogP contribution < -0.4 is 0 Å². The molecule has 1 aromatic carbocycles. The normalized spacial score (nSPS) is 19.9. The molecule has 1 aromatic rings. The highest BCUT2D eigenvalue weighted by Gasteiger charge is 2.20. The SMILES string of the molecule is C=CCc1cccc2c1CC(O)C2. The van der Waals surface area contributed by atoms with Crippen LogP contribution >= 0.6 is 0 Å². The van der Waals surface area contributed by atoms with E-state index in [2.05, 4.69) is 24.8 Å². The minimum atomic E-state index is -0.166. The lowest BCUT2D eigenvalue weighted by atomic mass is 10.0. The van der Waals surface area contributed by atoms with E-state index in [1.165, 1.54) is 16.7 Å². The highest BCUT2D eigenvalue weighted by atomic mass is 16.3. The average Bonchev–Trinajstić information content (AvgIpc) is 2.47. The van der Waals surface area contributed by atoms with Gasteiger partial charge in [0.1, 0.15) is 0 Å². The molecule has 1 N–H and O–H groups in total. The second kappa shape index (κ2) is 3.35. The maximum Gasteiger partial charge on any atom is 0.0621 e. The van der Waals surface area contributed by atoms with Crippen LogP contribution in [0.15, 0.2) is 30.9 Å². The van der Waals surface area contributed by atoms with Crippen molar-refractivity contribution in [3.63, 3.8) is 0 Å². The Kier molecular flexibility index (Phi) is 2.19. The molecule has 68 valence electrons. The molecule has 0 bridgehead atoms. The zero-order valence-corrected chi connectivity index (χ0v) is 7.66. The maximum absolute atomic E-state index is 9.52. The van der Waals surface area contributed by atoms with Gasteiger partial charge in [0.05, 0.1) is 6.10 Å². The first kappa shape index (κ1) is 8.52. The van der Waals surface area contributed by atoms with Crippen LogP contribution in [0.2, 0.25) is 0 Å². The van der Waals surface area contributed by atoms with Crippen LogP contribution in [-0.4, -0.2) is 11.2 Å². The molecule has 2 rings (SSSR count). The van der Waals surface area contributed by atoms with Crippen molar-refractivity contribution in [1.82, 2.24) is 0 Å². The van der Waals surface area contributed by atoms with Gasteiger partial charge in [-0.15, -0.1) is 6.58 Å². The fourth-order valence-corrected chi connectivity index (χ4v) is 2.05. The highest BCUT2D eigenvalue weighted by Crippen LogP contribution is 2.25. The molecule has 0 saturated carbocycles. The number of hydrogen-bond donors (Lipinski definition) is 1. The number of rotatable bonds is 2. The summed E-state index contributed by atoms with van der Waals surface area (Å²) in [5.74, 6) is 0. The summed E-state index contributed by atoms with van der Waals surface area (Å²) in [4.78, 5) is 0. The molecule has 0 aliphatic heterocycles. The van der Waals surface area contributed by atoms with Crippen molar-refractivity contribution in [3.8, 4) is 0 Å². The minimum Gasteiger partial charge on any atom is -0.392 e. The summed E-state index contributed by atoms with van der Waals surface area (Å²) in [6.07, 6.45) is 4.30. The van der Waals surface area contributed by atoms with Gasteiger partial charge >= 0.3 is 0 Å². The van der Waals surface area contributed by atoms with E-state index in [0.717, 1.165) is 19.3 Å². The molecule has 1 nitrogen and oxygen atoms in total.